The molecule has 2 heterocycles. The summed E-state index contributed by atoms with van der Waals surface area (Å²) in [4.78, 5) is 21.3. The standard InChI is InChI=1S/C29H28BrN3O2/c1-20-31-26-15-16-32(18-21-13-14-27(35-2)25(30)17-21)19-24(26)29(34)33(20)28(22-9-5-3-6-10-22)23-11-7-4-8-12-23/h3-14,17,28H,15-16,18-19H2,1-2H3. The van der Waals surface area contributed by atoms with Crippen LogP contribution >= 0.6 is 15.9 Å². The lowest BCUT2D eigenvalue weighted by atomic mass is 9.97. The predicted molar refractivity (Wildman–Crippen MR) is 142 cm³/mol. The Balaban J connectivity index is 1.52. The first kappa shape index (κ1) is 23.5. The number of fused-ring (bicyclic) bond motifs is 1. The molecule has 0 radical (unpaired) electrons. The maximum atomic E-state index is 14.0. The van der Waals surface area contributed by atoms with Gasteiger partial charge in [-0.1, -0.05) is 66.7 Å². The van der Waals surface area contributed by atoms with Crippen molar-refractivity contribution in [1.82, 2.24) is 14.5 Å². The molecule has 5 nitrogen and oxygen atoms in total. The summed E-state index contributed by atoms with van der Waals surface area (Å²) in [5, 5.41) is 0. The number of halogens is 1. The first-order valence-corrected chi connectivity index (χ1v) is 12.6. The molecule has 0 bridgehead atoms. The Bertz CT molecular complexity index is 1350. The van der Waals surface area contributed by atoms with Crippen molar-refractivity contribution in [2.75, 3.05) is 13.7 Å². The fraction of sp³-hybridized carbons (Fsp3) is 0.241. The second-order valence-electron chi connectivity index (χ2n) is 8.91. The molecule has 5 rings (SSSR count). The van der Waals surface area contributed by atoms with Crippen molar-refractivity contribution in [3.8, 4) is 5.75 Å². The number of rotatable bonds is 6. The van der Waals surface area contributed by atoms with Gasteiger partial charge in [0.05, 0.1) is 28.9 Å². The van der Waals surface area contributed by atoms with Crippen molar-refractivity contribution < 1.29 is 4.74 Å². The molecule has 35 heavy (non-hydrogen) atoms. The van der Waals surface area contributed by atoms with E-state index in [1.807, 2.05) is 54.0 Å². The van der Waals surface area contributed by atoms with Gasteiger partial charge in [0.25, 0.3) is 5.56 Å². The molecular weight excluding hydrogens is 502 g/mol. The van der Waals surface area contributed by atoms with E-state index in [1.165, 1.54) is 5.56 Å². The number of aromatic nitrogens is 2. The summed E-state index contributed by atoms with van der Waals surface area (Å²) in [6, 6.07) is 26.3. The van der Waals surface area contributed by atoms with Crippen LogP contribution in [0, 0.1) is 6.92 Å². The zero-order chi connectivity index (χ0) is 24.4. The van der Waals surface area contributed by atoms with Crippen molar-refractivity contribution in [1.29, 1.82) is 0 Å². The average Bonchev–Trinajstić information content (AvgIpc) is 2.88. The first-order chi connectivity index (χ1) is 17.0. The van der Waals surface area contributed by atoms with Gasteiger partial charge >= 0.3 is 0 Å². The number of aryl methyl sites for hydroxylation is 1. The molecule has 1 aromatic heterocycles. The van der Waals surface area contributed by atoms with Gasteiger partial charge in [-0.2, -0.15) is 0 Å². The first-order valence-electron chi connectivity index (χ1n) is 11.8. The van der Waals surface area contributed by atoms with E-state index in [0.717, 1.165) is 57.9 Å². The minimum Gasteiger partial charge on any atom is -0.496 e. The van der Waals surface area contributed by atoms with Gasteiger partial charge in [-0.3, -0.25) is 14.3 Å². The van der Waals surface area contributed by atoms with Crippen molar-refractivity contribution in [2.24, 2.45) is 0 Å². The molecule has 178 valence electrons. The highest BCUT2D eigenvalue weighted by Gasteiger charge is 2.27. The molecule has 0 unspecified atom stereocenters. The lowest BCUT2D eigenvalue weighted by molar-refractivity contribution is 0.240. The zero-order valence-corrected chi connectivity index (χ0v) is 21.5. The summed E-state index contributed by atoms with van der Waals surface area (Å²) in [5.74, 6) is 1.56. The van der Waals surface area contributed by atoms with Crippen LogP contribution in [0.15, 0.2) is 88.1 Å². The third-order valence-corrected chi connectivity index (χ3v) is 7.25. The summed E-state index contributed by atoms with van der Waals surface area (Å²) in [6.07, 6.45) is 0.769. The number of benzene rings is 3. The third-order valence-electron chi connectivity index (χ3n) is 6.63. The molecule has 0 amide bonds. The molecule has 6 heteroatoms. The number of hydrogen-bond acceptors (Lipinski definition) is 4. The second kappa shape index (κ2) is 10.2. The highest BCUT2D eigenvalue weighted by Crippen LogP contribution is 2.29. The SMILES string of the molecule is COc1ccc(CN2CCc3nc(C)n(C(c4ccccc4)c4ccccc4)c(=O)c3C2)cc1Br. The van der Waals surface area contributed by atoms with Crippen LogP contribution in [-0.2, 0) is 19.5 Å². The minimum absolute atomic E-state index is 0.0471. The van der Waals surface area contributed by atoms with Crippen LogP contribution in [0.3, 0.4) is 0 Å². The van der Waals surface area contributed by atoms with Crippen LogP contribution in [0.5, 0.6) is 5.75 Å². The van der Waals surface area contributed by atoms with E-state index in [4.69, 9.17) is 9.72 Å². The van der Waals surface area contributed by atoms with E-state index < -0.39 is 0 Å². The Hall–Kier alpha value is -3.22. The fourth-order valence-electron chi connectivity index (χ4n) is 4.93. The molecule has 4 aromatic rings. The van der Waals surface area contributed by atoms with Crippen LogP contribution in [0.1, 0.15) is 39.8 Å². The molecule has 0 saturated heterocycles. The summed E-state index contributed by atoms with van der Waals surface area (Å²) < 4.78 is 8.16. The number of methoxy groups -OCH3 is 1. The molecule has 1 aliphatic rings. The minimum atomic E-state index is -0.226. The van der Waals surface area contributed by atoms with Gasteiger partial charge in [-0.15, -0.1) is 0 Å². The van der Waals surface area contributed by atoms with Gasteiger partial charge in [0.1, 0.15) is 11.6 Å². The lowest BCUT2D eigenvalue weighted by Crippen LogP contribution is -2.40. The molecule has 0 N–H and O–H groups in total. The smallest absolute Gasteiger partial charge is 0.259 e. The predicted octanol–water partition coefficient (Wildman–Crippen LogP) is 5.52. The summed E-state index contributed by atoms with van der Waals surface area (Å²) in [5.41, 5.74) is 5.09. The number of nitrogens with zero attached hydrogens (tertiary/aromatic N) is 3. The van der Waals surface area contributed by atoms with Crippen LogP contribution in [0.2, 0.25) is 0 Å². The van der Waals surface area contributed by atoms with Gasteiger partial charge in [0.2, 0.25) is 0 Å². The van der Waals surface area contributed by atoms with Crippen LogP contribution in [0.25, 0.3) is 0 Å². The maximum absolute atomic E-state index is 14.0. The molecule has 3 aromatic carbocycles. The average molecular weight is 530 g/mol. The topological polar surface area (TPSA) is 47.4 Å². The van der Waals surface area contributed by atoms with E-state index in [1.54, 1.807) is 7.11 Å². The Labute approximate surface area is 214 Å². The van der Waals surface area contributed by atoms with Crippen LogP contribution < -0.4 is 10.3 Å². The molecule has 0 spiro atoms. The summed E-state index contributed by atoms with van der Waals surface area (Å²) in [6.45, 7) is 4.16. The van der Waals surface area contributed by atoms with Crippen molar-refractivity contribution in [3.63, 3.8) is 0 Å². The van der Waals surface area contributed by atoms with E-state index in [2.05, 4.69) is 57.2 Å². The quantitative estimate of drug-likeness (QED) is 0.330. The Morgan fingerprint density at radius 2 is 1.66 bits per heavy atom. The molecule has 0 aliphatic carbocycles. The fourth-order valence-corrected chi connectivity index (χ4v) is 5.52. The third kappa shape index (κ3) is 4.81. The molecular formula is C29H28BrN3O2. The van der Waals surface area contributed by atoms with Gasteiger partial charge in [0.15, 0.2) is 0 Å². The Morgan fingerprint density at radius 1 is 1.00 bits per heavy atom. The number of ether oxygens (including phenoxy) is 1. The highest BCUT2D eigenvalue weighted by atomic mass is 79.9. The highest BCUT2D eigenvalue weighted by molar-refractivity contribution is 9.10. The van der Waals surface area contributed by atoms with E-state index in [-0.39, 0.29) is 11.6 Å². The summed E-state index contributed by atoms with van der Waals surface area (Å²) >= 11 is 3.58. The van der Waals surface area contributed by atoms with Gasteiger partial charge in [-0.25, -0.2) is 4.98 Å². The zero-order valence-electron chi connectivity index (χ0n) is 19.9. The van der Waals surface area contributed by atoms with Crippen molar-refractivity contribution in [2.45, 2.75) is 32.5 Å². The Morgan fingerprint density at radius 3 is 2.26 bits per heavy atom. The van der Waals surface area contributed by atoms with Crippen LogP contribution in [0.4, 0.5) is 0 Å². The maximum Gasteiger partial charge on any atom is 0.259 e. The monoisotopic (exact) mass is 529 g/mol. The van der Waals surface area contributed by atoms with Gasteiger partial charge in [0, 0.05) is 26.1 Å². The normalized spacial score (nSPS) is 13.6. The van der Waals surface area contributed by atoms with Gasteiger partial charge < -0.3 is 4.74 Å². The van der Waals surface area contributed by atoms with Gasteiger partial charge in [-0.05, 0) is 51.7 Å². The summed E-state index contributed by atoms with van der Waals surface area (Å²) in [7, 11) is 1.67. The Kier molecular flexibility index (Phi) is 6.84. The van der Waals surface area contributed by atoms with Crippen LogP contribution in [-0.4, -0.2) is 28.1 Å². The van der Waals surface area contributed by atoms with E-state index in [0.29, 0.717) is 6.54 Å². The van der Waals surface area contributed by atoms with Crippen molar-refractivity contribution >= 4 is 15.9 Å². The largest absolute Gasteiger partial charge is 0.496 e. The number of hydrogen-bond donors (Lipinski definition) is 0. The molecule has 0 atom stereocenters. The molecule has 0 saturated carbocycles. The lowest BCUT2D eigenvalue weighted by Gasteiger charge is -2.30. The second-order valence-corrected chi connectivity index (χ2v) is 9.77. The van der Waals surface area contributed by atoms with Crippen molar-refractivity contribution in [3.05, 3.63) is 127 Å². The molecule has 1 aliphatic heterocycles. The molecule has 0 fully saturated rings. The van der Waals surface area contributed by atoms with E-state index >= 15 is 0 Å². The van der Waals surface area contributed by atoms with E-state index in [9.17, 15) is 4.79 Å².